The zero-order valence-corrected chi connectivity index (χ0v) is 9.88. The molecule has 0 bridgehead atoms. The molecule has 1 fully saturated rings. The molecule has 0 atom stereocenters. The van der Waals surface area contributed by atoms with Crippen molar-refractivity contribution in [1.29, 1.82) is 5.26 Å². The van der Waals surface area contributed by atoms with E-state index in [2.05, 4.69) is 5.32 Å². The number of hydrogen-bond donors (Lipinski definition) is 1. The summed E-state index contributed by atoms with van der Waals surface area (Å²) in [6.07, 6.45) is 5.22. The van der Waals surface area contributed by atoms with Crippen molar-refractivity contribution in [3.8, 4) is 6.07 Å². The first-order valence-corrected chi connectivity index (χ1v) is 6.19. The van der Waals surface area contributed by atoms with Gasteiger partial charge < -0.3 is 5.32 Å². The summed E-state index contributed by atoms with van der Waals surface area (Å²) in [6.45, 7) is 1.47. The molecule has 2 nitrogen and oxygen atoms in total. The van der Waals surface area contributed by atoms with Crippen molar-refractivity contribution in [3.63, 3.8) is 0 Å². The summed E-state index contributed by atoms with van der Waals surface area (Å²) in [6, 6.07) is 6.84. The zero-order valence-electron chi connectivity index (χ0n) is 9.88. The molecule has 2 rings (SSSR count). The number of nitriles is 1. The average Bonchev–Trinajstić information content (AvgIpc) is 2.84. The topological polar surface area (TPSA) is 35.8 Å². The van der Waals surface area contributed by atoms with Crippen LogP contribution in [0.3, 0.4) is 0 Å². The number of nitrogens with zero attached hydrogens (tertiary/aromatic N) is 1. The Hall–Kier alpha value is -1.40. The van der Waals surface area contributed by atoms with Crippen LogP contribution in [0, 0.1) is 23.1 Å². The zero-order chi connectivity index (χ0) is 12.1. The standard InChI is InChI=1S/C14H17FN2/c15-14-12(8-16)6-3-7-13(14)10-17-9-11-4-1-2-5-11/h3,6-7,11,17H,1-2,4-5,9-10H2. The third-order valence-corrected chi connectivity index (χ3v) is 3.42. The van der Waals surface area contributed by atoms with Crippen LogP contribution in [-0.4, -0.2) is 6.54 Å². The van der Waals surface area contributed by atoms with Gasteiger partial charge in [0, 0.05) is 12.1 Å². The van der Waals surface area contributed by atoms with E-state index >= 15 is 0 Å². The van der Waals surface area contributed by atoms with Crippen LogP contribution in [0.1, 0.15) is 36.8 Å². The van der Waals surface area contributed by atoms with Crippen molar-refractivity contribution in [1.82, 2.24) is 5.32 Å². The first-order chi connectivity index (χ1) is 8.31. The Kier molecular flexibility index (Phi) is 4.11. The van der Waals surface area contributed by atoms with Gasteiger partial charge in [-0.3, -0.25) is 0 Å². The second-order valence-corrected chi connectivity index (χ2v) is 4.67. The maximum Gasteiger partial charge on any atom is 0.145 e. The number of nitrogens with one attached hydrogen (secondary N) is 1. The molecule has 1 aliphatic carbocycles. The second kappa shape index (κ2) is 5.79. The van der Waals surface area contributed by atoms with Crippen LogP contribution in [0.25, 0.3) is 0 Å². The normalized spacial score (nSPS) is 16.0. The highest BCUT2D eigenvalue weighted by Gasteiger charge is 2.14. The Morgan fingerprint density at radius 1 is 1.35 bits per heavy atom. The van der Waals surface area contributed by atoms with E-state index in [1.165, 1.54) is 31.7 Å². The number of halogens is 1. The molecule has 0 spiro atoms. The molecule has 0 aromatic heterocycles. The van der Waals surface area contributed by atoms with Gasteiger partial charge in [-0.25, -0.2) is 4.39 Å². The van der Waals surface area contributed by atoms with Crippen molar-refractivity contribution in [2.75, 3.05) is 6.54 Å². The molecule has 0 heterocycles. The maximum atomic E-state index is 13.7. The fourth-order valence-corrected chi connectivity index (χ4v) is 2.43. The second-order valence-electron chi connectivity index (χ2n) is 4.67. The minimum atomic E-state index is -0.381. The van der Waals surface area contributed by atoms with Gasteiger partial charge in [0.25, 0.3) is 0 Å². The van der Waals surface area contributed by atoms with E-state index in [4.69, 9.17) is 5.26 Å². The van der Waals surface area contributed by atoms with Gasteiger partial charge in [-0.05, 0) is 31.4 Å². The molecule has 90 valence electrons. The fourth-order valence-electron chi connectivity index (χ4n) is 2.43. The third-order valence-electron chi connectivity index (χ3n) is 3.42. The summed E-state index contributed by atoms with van der Waals surface area (Å²) in [5, 5.41) is 12.0. The molecule has 1 saturated carbocycles. The van der Waals surface area contributed by atoms with E-state index in [0.29, 0.717) is 12.1 Å². The van der Waals surface area contributed by atoms with Gasteiger partial charge in [0.05, 0.1) is 5.56 Å². The summed E-state index contributed by atoms with van der Waals surface area (Å²) in [5.41, 5.74) is 0.715. The number of rotatable bonds is 4. The first kappa shape index (κ1) is 12.1. The van der Waals surface area contributed by atoms with Gasteiger partial charge in [-0.2, -0.15) is 5.26 Å². The highest BCUT2D eigenvalue weighted by atomic mass is 19.1. The molecule has 1 aromatic rings. The summed E-state index contributed by atoms with van der Waals surface area (Å²) in [7, 11) is 0. The molecule has 1 N–H and O–H groups in total. The maximum absolute atomic E-state index is 13.7. The molecule has 0 radical (unpaired) electrons. The quantitative estimate of drug-likeness (QED) is 0.866. The summed E-state index contributed by atoms with van der Waals surface area (Å²) in [5.74, 6) is 0.367. The van der Waals surface area contributed by atoms with E-state index in [1.807, 2.05) is 6.07 Å². The number of benzene rings is 1. The Labute approximate surface area is 101 Å². The third kappa shape index (κ3) is 3.04. The lowest BCUT2D eigenvalue weighted by molar-refractivity contribution is 0.482. The van der Waals surface area contributed by atoms with Crippen LogP contribution in [0.15, 0.2) is 18.2 Å². The minimum absolute atomic E-state index is 0.130. The summed E-state index contributed by atoms with van der Waals surface area (Å²) < 4.78 is 13.7. The van der Waals surface area contributed by atoms with Crippen molar-refractivity contribution in [3.05, 3.63) is 35.1 Å². The van der Waals surface area contributed by atoms with E-state index in [1.54, 1.807) is 12.1 Å². The predicted molar refractivity (Wildman–Crippen MR) is 64.8 cm³/mol. The molecule has 0 aliphatic heterocycles. The minimum Gasteiger partial charge on any atom is -0.312 e. The lowest BCUT2D eigenvalue weighted by Crippen LogP contribution is -2.21. The number of hydrogen-bond acceptors (Lipinski definition) is 2. The van der Waals surface area contributed by atoms with Gasteiger partial charge in [0.1, 0.15) is 11.9 Å². The molecule has 0 saturated heterocycles. The fraction of sp³-hybridized carbons (Fsp3) is 0.500. The molecular formula is C14H17FN2. The first-order valence-electron chi connectivity index (χ1n) is 6.19. The molecule has 3 heteroatoms. The average molecular weight is 232 g/mol. The lowest BCUT2D eigenvalue weighted by atomic mass is 10.1. The smallest absolute Gasteiger partial charge is 0.145 e. The van der Waals surface area contributed by atoms with Crippen LogP contribution in [0.5, 0.6) is 0 Å². The monoisotopic (exact) mass is 232 g/mol. The summed E-state index contributed by atoms with van der Waals surface area (Å²) >= 11 is 0. The van der Waals surface area contributed by atoms with Crippen molar-refractivity contribution < 1.29 is 4.39 Å². The van der Waals surface area contributed by atoms with E-state index in [-0.39, 0.29) is 11.4 Å². The van der Waals surface area contributed by atoms with Crippen molar-refractivity contribution in [2.45, 2.75) is 32.2 Å². The van der Waals surface area contributed by atoms with Gasteiger partial charge in [0.2, 0.25) is 0 Å². The molecule has 1 aromatic carbocycles. The van der Waals surface area contributed by atoms with Crippen LogP contribution in [0.4, 0.5) is 4.39 Å². The molecule has 0 amide bonds. The highest BCUT2D eigenvalue weighted by Crippen LogP contribution is 2.23. The van der Waals surface area contributed by atoms with Crippen molar-refractivity contribution in [2.24, 2.45) is 5.92 Å². The predicted octanol–water partition coefficient (Wildman–Crippen LogP) is 2.98. The molecule has 17 heavy (non-hydrogen) atoms. The Morgan fingerprint density at radius 2 is 2.12 bits per heavy atom. The van der Waals surface area contributed by atoms with Gasteiger partial charge in [-0.15, -0.1) is 0 Å². The van der Waals surface area contributed by atoms with Crippen LogP contribution in [-0.2, 0) is 6.54 Å². The SMILES string of the molecule is N#Cc1cccc(CNCC2CCCC2)c1F. The highest BCUT2D eigenvalue weighted by molar-refractivity contribution is 5.34. The Balaban J connectivity index is 1.88. The van der Waals surface area contributed by atoms with Gasteiger partial charge in [0.15, 0.2) is 0 Å². The summed E-state index contributed by atoms with van der Waals surface area (Å²) in [4.78, 5) is 0. The molecule has 1 aliphatic rings. The Bertz CT molecular complexity index is 417. The van der Waals surface area contributed by atoms with Crippen LogP contribution >= 0.6 is 0 Å². The lowest BCUT2D eigenvalue weighted by Gasteiger charge is -2.11. The van der Waals surface area contributed by atoms with E-state index in [0.717, 1.165) is 12.5 Å². The van der Waals surface area contributed by atoms with Crippen molar-refractivity contribution >= 4 is 0 Å². The van der Waals surface area contributed by atoms with Gasteiger partial charge >= 0.3 is 0 Å². The Morgan fingerprint density at radius 3 is 2.82 bits per heavy atom. The van der Waals surface area contributed by atoms with E-state index < -0.39 is 0 Å². The van der Waals surface area contributed by atoms with E-state index in [9.17, 15) is 4.39 Å². The van der Waals surface area contributed by atoms with Gasteiger partial charge in [-0.1, -0.05) is 25.0 Å². The molecule has 0 unspecified atom stereocenters. The van der Waals surface area contributed by atoms with Crippen LogP contribution in [0.2, 0.25) is 0 Å². The largest absolute Gasteiger partial charge is 0.312 e. The van der Waals surface area contributed by atoms with Crippen LogP contribution < -0.4 is 5.32 Å². The molecular weight excluding hydrogens is 215 g/mol.